The summed E-state index contributed by atoms with van der Waals surface area (Å²) in [6, 6.07) is 0. The summed E-state index contributed by atoms with van der Waals surface area (Å²) in [7, 11) is 0. The minimum Gasteiger partial charge on any atom is -0.481 e. The fourth-order valence-electron chi connectivity index (χ4n) is 0.0660. The molecule has 7 heavy (non-hydrogen) atoms. The van der Waals surface area contributed by atoms with Crippen LogP contribution in [0.2, 0.25) is 0 Å². The van der Waals surface area contributed by atoms with Crippen molar-refractivity contribution in [2.75, 3.05) is 5.88 Å². The Balaban J connectivity index is 3.34. The second kappa shape index (κ2) is 2.86. The Bertz CT molecular complexity index is 72.1. The molecular weight excluding hydrogens is 115 g/mol. The molecule has 2 nitrogen and oxygen atoms in total. The summed E-state index contributed by atoms with van der Waals surface area (Å²) in [6.45, 7) is 1.56. The zero-order chi connectivity index (χ0) is 5.86. The maximum atomic E-state index is 9.85. The van der Waals surface area contributed by atoms with Crippen LogP contribution in [0.25, 0.3) is 0 Å². The van der Waals surface area contributed by atoms with E-state index in [1.54, 1.807) is 6.92 Å². The molecule has 0 aliphatic heterocycles. The highest BCUT2D eigenvalue weighted by Gasteiger charge is 2.06. The van der Waals surface area contributed by atoms with E-state index in [0.717, 1.165) is 0 Å². The fraction of sp³-hybridized carbons (Fsp3) is 0.750. The van der Waals surface area contributed by atoms with Gasteiger partial charge in [-0.05, 0) is 0 Å². The first-order valence-electron chi connectivity index (χ1n) is 1.97. The molecule has 0 aromatic carbocycles. The van der Waals surface area contributed by atoms with Crippen molar-refractivity contribution in [1.29, 1.82) is 0 Å². The van der Waals surface area contributed by atoms with E-state index >= 15 is 0 Å². The van der Waals surface area contributed by atoms with Gasteiger partial charge in [0.25, 0.3) is 0 Å². The van der Waals surface area contributed by atoms with Gasteiger partial charge in [0.1, 0.15) is 0 Å². The molecule has 0 aliphatic rings. The molecule has 0 radical (unpaired) electrons. The first kappa shape index (κ1) is 6.76. The molecule has 1 N–H and O–H groups in total. The van der Waals surface area contributed by atoms with Crippen LogP contribution < -0.4 is 0 Å². The van der Waals surface area contributed by atoms with Gasteiger partial charge in [0, 0.05) is 5.88 Å². The van der Waals surface area contributed by atoms with Crippen molar-refractivity contribution in [3.63, 3.8) is 0 Å². The Morgan fingerprint density at radius 2 is 2.43 bits per heavy atom. The molecule has 0 heterocycles. The standard InChI is InChI=1S/C4H7ClO2/c1-3(2-5)4(6)7/h3H,2H2,1H3,(H,6,7). The number of hydrogen-bond donors (Lipinski definition) is 1. The minimum atomic E-state index is -0.838. The van der Waals surface area contributed by atoms with Gasteiger partial charge in [-0.15, -0.1) is 11.6 Å². The van der Waals surface area contributed by atoms with Crippen molar-refractivity contribution >= 4 is 17.6 Å². The maximum Gasteiger partial charge on any atom is 0.307 e. The van der Waals surface area contributed by atoms with E-state index in [-0.39, 0.29) is 5.88 Å². The molecule has 0 aliphatic carbocycles. The van der Waals surface area contributed by atoms with Crippen molar-refractivity contribution in [2.45, 2.75) is 6.92 Å². The molecule has 3 heteroatoms. The van der Waals surface area contributed by atoms with Crippen LogP contribution in [-0.2, 0) is 4.79 Å². The molecule has 42 valence electrons. The molecule has 0 bridgehead atoms. The lowest BCUT2D eigenvalue weighted by Crippen LogP contribution is -2.09. The lowest BCUT2D eigenvalue weighted by atomic mass is 10.2. The van der Waals surface area contributed by atoms with E-state index in [4.69, 9.17) is 16.7 Å². The third-order valence-corrected chi connectivity index (χ3v) is 1.12. The molecule has 1 unspecified atom stereocenters. The summed E-state index contributed by atoms with van der Waals surface area (Å²) in [6.07, 6.45) is 0. The van der Waals surface area contributed by atoms with Gasteiger partial charge in [-0.1, -0.05) is 6.92 Å². The topological polar surface area (TPSA) is 37.3 Å². The van der Waals surface area contributed by atoms with Crippen LogP contribution in [0.3, 0.4) is 0 Å². The zero-order valence-corrected chi connectivity index (χ0v) is 4.77. The number of carboxylic acid groups (broad SMARTS) is 1. The Labute approximate surface area is 47.1 Å². The van der Waals surface area contributed by atoms with E-state index < -0.39 is 11.9 Å². The van der Waals surface area contributed by atoms with E-state index in [2.05, 4.69) is 0 Å². The van der Waals surface area contributed by atoms with Crippen molar-refractivity contribution < 1.29 is 9.90 Å². The maximum absolute atomic E-state index is 9.85. The van der Waals surface area contributed by atoms with E-state index in [1.807, 2.05) is 0 Å². The van der Waals surface area contributed by atoms with Gasteiger partial charge in [-0.2, -0.15) is 0 Å². The second-order valence-electron chi connectivity index (χ2n) is 1.39. The Kier molecular flexibility index (Phi) is 2.76. The Morgan fingerprint density at radius 3 is 2.43 bits per heavy atom. The largest absolute Gasteiger partial charge is 0.481 e. The zero-order valence-electron chi connectivity index (χ0n) is 4.02. The second-order valence-corrected chi connectivity index (χ2v) is 1.70. The normalized spacial score (nSPS) is 13.4. The molecule has 0 aromatic heterocycles. The third-order valence-electron chi connectivity index (χ3n) is 0.653. The SMILES string of the molecule is CC(CCl)C(=O)O. The van der Waals surface area contributed by atoms with Gasteiger partial charge >= 0.3 is 5.97 Å². The Hall–Kier alpha value is -0.240. The highest BCUT2D eigenvalue weighted by molar-refractivity contribution is 6.19. The van der Waals surface area contributed by atoms with Crippen LogP contribution in [0, 0.1) is 5.92 Å². The molecular formula is C4H7ClO2. The highest BCUT2D eigenvalue weighted by atomic mass is 35.5. The third kappa shape index (κ3) is 2.45. The number of carboxylic acids is 1. The lowest BCUT2D eigenvalue weighted by Gasteiger charge is -1.94. The van der Waals surface area contributed by atoms with Gasteiger partial charge in [0.15, 0.2) is 0 Å². The summed E-state index contributed by atoms with van der Waals surface area (Å²) in [5.74, 6) is -1.06. The van der Waals surface area contributed by atoms with Gasteiger partial charge in [0.2, 0.25) is 0 Å². The predicted molar refractivity (Wildman–Crippen MR) is 27.5 cm³/mol. The summed E-state index contributed by atoms with van der Waals surface area (Å²) in [4.78, 5) is 9.85. The number of halogens is 1. The number of rotatable bonds is 2. The van der Waals surface area contributed by atoms with Crippen LogP contribution in [0.15, 0.2) is 0 Å². The van der Waals surface area contributed by atoms with Crippen molar-refractivity contribution in [3.8, 4) is 0 Å². The minimum absolute atomic E-state index is 0.190. The average Bonchev–Trinajstić information content (AvgIpc) is 1.65. The van der Waals surface area contributed by atoms with E-state index in [9.17, 15) is 4.79 Å². The molecule has 0 aromatic rings. The summed E-state index contributed by atoms with van der Waals surface area (Å²) in [5, 5.41) is 8.10. The van der Waals surface area contributed by atoms with Crippen LogP contribution in [-0.4, -0.2) is 17.0 Å². The smallest absolute Gasteiger partial charge is 0.307 e. The number of alkyl halides is 1. The quantitative estimate of drug-likeness (QED) is 0.554. The summed E-state index contributed by atoms with van der Waals surface area (Å²) < 4.78 is 0. The molecule has 0 saturated carbocycles. The van der Waals surface area contributed by atoms with Crippen LogP contribution in [0.5, 0.6) is 0 Å². The number of aliphatic carboxylic acids is 1. The van der Waals surface area contributed by atoms with Gasteiger partial charge in [-0.25, -0.2) is 0 Å². The van der Waals surface area contributed by atoms with E-state index in [0.29, 0.717) is 0 Å². The molecule has 0 amide bonds. The lowest BCUT2D eigenvalue weighted by molar-refractivity contribution is -0.140. The average molecular weight is 123 g/mol. The molecule has 1 atom stereocenters. The molecule has 0 rings (SSSR count). The van der Waals surface area contributed by atoms with E-state index in [1.165, 1.54) is 0 Å². The van der Waals surface area contributed by atoms with Gasteiger partial charge < -0.3 is 5.11 Å². The molecule has 0 saturated heterocycles. The van der Waals surface area contributed by atoms with Crippen molar-refractivity contribution in [2.24, 2.45) is 5.92 Å². The molecule has 0 fully saturated rings. The summed E-state index contributed by atoms with van der Waals surface area (Å²) in [5.41, 5.74) is 0. The fourth-order valence-corrected chi connectivity index (χ4v) is 0.198. The van der Waals surface area contributed by atoms with Crippen molar-refractivity contribution in [1.82, 2.24) is 0 Å². The van der Waals surface area contributed by atoms with Crippen molar-refractivity contribution in [3.05, 3.63) is 0 Å². The summed E-state index contributed by atoms with van der Waals surface area (Å²) >= 11 is 5.17. The number of hydrogen-bond acceptors (Lipinski definition) is 1. The number of carbonyl (C=O) groups is 1. The van der Waals surface area contributed by atoms with Gasteiger partial charge in [-0.3, -0.25) is 4.79 Å². The highest BCUT2D eigenvalue weighted by Crippen LogP contribution is 1.95. The van der Waals surface area contributed by atoms with Crippen LogP contribution in [0.4, 0.5) is 0 Å². The monoisotopic (exact) mass is 122 g/mol. The Morgan fingerprint density at radius 1 is 2.00 bits per heavy atom. The molecule has 0 spiro atoms. The predicted octanol–water partition coefficient (Wildman–Crippen LogP) is 0.946. The van der Waals surface area contributed by atoms with Gasteiger partial charge in [0.05, 0.1) is 5.92 Å². The first-order valence-corrected chi connectivity index (χ1v) is 2.50. The first-order chi connectivity index (χ1) is 3.18. The van der Waals surface area contributed by atoms with Crippen LogP contribution in [0.1, 0.15) is 6.92 Å². The van der Waals surface area contributed by atoms with Crippen LogP contribution >= 0.6 is 11.6 Å².